The highest BCUT2D eigenvalue weighted by molar-refractivity contribution is 5.47. The highest BCUT2D eigenvalue weighted by atomic mass is 16.5. The van der Waals surface area contributed by atoms with E-state index in [2.05, 4.69) is 37.4 Å². The van der Waals surface area contributed by atoms with E-state index in [-0.39, 0.29) is 0 Å². The second-order valence-corrected chi connectivity index (χ2v) is 5.08. The third-order valence-corrected chi connectivity index (χ3v) is 3.44. The molecule has 0 heterocycles. The van der Waals surface area contributed by atoms with Crippen molar-refractivity contribution in [3.8, 4) is 17.2 Å². The second-order valence-electron chi connectivity index (χ2n) is 5.08. The van der Waals surface area contributed by atoms with Crippen LogP contribution in [0.2, 0.25) is 0 Å². The lowest BCUT2D eigenvalue weighted by atomic mass is 10.1. The Morgan fingerprint density at radius 1 is 1.00 bits per heavy atom. The molecule has 0 saturated carbocycles. The number of aryl methyl sites for hydroxylation is 2. The SMILES string of the molecule is CCc1ccc(Oc2ccc(C)cc2CNC)c(OC)c1. The van der Waals surface area contributed by atoms with Gasteiger partial charge in [0.2, 0.25) is 0 Å². The van der Waals surface area contributed by atoms with Gasteiger partial charge in [-0.3, -0.25) is 0 Å². The average molecular weight is 285 g/mol. The van der Waals surface area contributed by atoms with Gasteiger partial charge >= 0.3 is 0 Å². The summed E-state index contributed by atoms with van der Waals surface area (Å²) in [6.07, 6.45) is 0.978. The van der Waals surface area contributed by atoms with Crippen molar-refractivity contribution in [1.82, 2.24) is 5.32 Å². The van der Waals surface area contributed by atoms with Crippen molar-refractivity contribution in [3.05, 3.63) is 53.1 Å². The van der Waals surface area contributed by atoms with Crippen LogP contribution in [0, 0.1) is 6.92 Å². The quantitative estimate of drug-likeness (QED) is 0.867. The molecule has 0 aliphatic rings. The molecule has 112 valence electrons. The molecule has 0 unspecified atom stereocenters. The third-order valence-electron chi connectivity index (χ3n) is 3.44. The largest absolute Gasteiger partial charge is 0.493 e. The minimum atomic E-state index is 0.746. The number of methoxy groups -OCH3 is 1. The Hall–Kier alpha value is -2.00. The third kappa shape index (κ3) is 3.76. The predicted octanol–water partition coefficient (Wildman–Crippen LogP) is 4.08. The van der Waals surface area contributed by atoms with Crippen LogP contribution in [0.5, 0.6) is 17.2 Å². The number of benzene rings is 2. The molecule has 1 N–H and O–H groups in total. The Morgan fingerprint density at radius 3 is 2.43 bits per heavy atom. The number of ether oxygens (including phenoxy) is 2. The number of nitrogens with one attached hydrogen (secondary N) is 1. The molecule has 0 amide bonds. The van der Waals surface area contributed by atoms with Crippen molar-refractivity contribution in [2.75, 3.05) is 14.2 Å². The first kappa shape index (κ1) is 15.4. The molecule has 0 aromatic heterocycles. The van der Waals surface area contributed by atoms with Gasteiger partial charge in [0.25, 0.3) is 0 Å². The van der Waals surface area contributed by atoms with E-state index >= 15 is 0 Å². The van der Waals surface area contributed by atoms with Crippen LogP contribution in [0.1, 0.15) is 23.6 Å². The van der Waals surface area contributed by atoms with Crippen LogP contribution in [0.4, 0.5) is 0 Å². The lowest BCUT2D eigenvalue weighted by Crippen LogP contribution is -2.06. The van der Waals surface area contributed by atoms with Gasteiger partial charge in [0, 0.05) is 12.1 Å². The van der Waals surface area contributed by atoms with Gasteiger partial charge in [-0.2, -0.15) is 0 Å². The zero-order valence-corrected chi connectivity index (χ0v) is 13.2. The topological polar surface area (TPSA) is 30.5 Å². The fourth-order valence-electron chi connectivity index (χ4n) is 2.27. The molecule has 0 aliphatic carbocycles. The van der Waals surface area contributed by atoms with Gasteiger partial charge in [-0.15, -0.1) is 0 Å². The molecule has 2 rings (SSSR count). The van der Waals surface area contributed by atoms with E-state index in [1.807, 2.05) is 25.2 Å². The van der Waals surface area contributed by atoms with Gasteiger partial charge in [0.1, 0.15) is 5.75 Å². The average Bonchev–Trinajstić information content (AvgIpc) is 2.50. The molecule has 0 radical (unpaired) electrons. The molecule has 0 bridgehead atoms. The normalized spacial score (nSPS) is 10.5. The van der Waals surface area contributed by atoms with Gasteiger partial charge in [-0.1, -0.05) is 30.7 Å². The maximum atomic E-state index is 6.07. The van der Waals surface area contributed by atoms with Crippen LogP contribution in [0.3, 0.4) is 0 Å². The molecule has 2 aromatic carbocycles. The Kier molecular flexibility index (Phi) is 5.23. The Labute approximate surface area is 126 Å². The summed E-state index contributed by atoms with van der Waals surface area (Å²) in [5.74, 6) is 2.37. The summed E-state index contributed by atoms with van der Waals surface area (Å²) in [4.78, 5) is 0. The molecule has 2 aromatic rings. The number of hydrogen-bond donors (Lipinski definition) is 1. The molecule has 3 heteroatoms. The Bertz CT molecular complexity index is 608. The van der Waals surface area contributed by atoms with E-state index in [4.69, 9.17) is 9.47 Å². The highest BCUT2D eigenvalue weighted by Crippen LogP contribution is 2.34. The summed E-state index contributed by atoms with van der Waals surface area (Å²) in [6, 6.07) is 12.3. The molecule has 21 heavy (non-hydrogen) atoms. The van der Waals surface area contributed by atoms with Crippen molar-refractivity contribution in [2.24, 2.45) is 0 Å². The zero-order chi connectivity index (χ0) is 15.2. The van der Waals surface area contributed by atoms with E-state index in [0.717, 1.165) is 35.8 Å². The molecule has 0 atom stereocenters. The molecule has 0 fully saturated rings. The number of rotatable bonds is 6. The Balaban J connectivity index is 2.33. The Morgan fingerprint density at radius 2 is 1.76 bits per heavy atom. The monoisotopic (exact) mass is 285 g/mol. The van der Waals surface area contributed by atoms with Crippen LogP contribution in [-0.2, 0) is 13.0 Å². The zero-order valence-electron chi connectivity index (χ0n) is 13.2. The second kappa shape index (κ2) is 7.14. The molecule has 3 nitrogen and oxygen atoms in total. The van der Waals surface area contributed by atoms with Crippen molar-refractivity contribution in [3.63, 3.8) is 0 Å². The molecular weight excluding hydrogens is 262 g/mol. The van der Waals surface area contributed by atoms with Crippen molar-refractivity contribution < 1.29 is 9.47 Å². The summed E-state index contributed by atoms with van der Waals surface area (Å²) in [5.41, 5.74) is 3.60. The van der Waals surface area contributed by atoms with E-state index in [1.165, 1.54) is 11.1 Å². The van der Waals surface area contributed by atoms with Crippen molar-refractivity contribution in [1.29, 1.82) is 0 Å². The van der Waals surface area contributed by atoms with Crippen LogP contribution in [-0.4, -0.2) is 14.2 Å². The standard InChI is InChI=1S/C18H23NO2/c1-5-14-7-9-17(18(11-14)20-4)21-16-8-6-13(2)10-15(16)12-19-3/h6-11,19H,5,12H2,1-4H3. The lowest BCUT2D eigenvalue weighted by Gasteiger charge is -2.15. The fraction of sp³-hybridized carbons (Fsp3) is 0.333. The summed E-state index contributed by atoms with van der Waals surface area (Å²) >= 11 is 0. The van der Waals surface area contributed by atoms with Crippen molar-refractivity contribution >= 4 is 0 Å². The summed E-state index contributed by atoms with van der Waals surface area (Å²) in [7, 11) is 3.61. The molecule has 0 spiro atoms. The fourth-order valence-corrected chi connectivity index (χ4v) is 2.27. The summed E-state index contributed by atoms with van der Waals surface area (Å²) in [6.45, 7) is 4.98. The van der Waals surface area contributed by atoms with Gasteiger partial charge in [0.05, 0.1) is 7.11 Å². The van der Waals surface area contributed by atoms with Gasteiger partial charge in [0.15, 0.2) is 11.5 Å². The minimum Gasteiger partial charge on any atom is -0.493 e. The van der Waals surface area contributed by atoms with Gasteiger partial charge in [-0.05, 0) is 44.2 Å². The maximum Gasteiger partial charge on any atom is 0.169 e. The van der Waals surface area contributed by atoms with E-state index < -0.39 is 0 Å². The predicted molar refractivity (Wildman–Crippen MR) is 86.4 cm³/mol. The van der Waals surface area contributed by atoms with Crippen LogP contribution in [0.25, 0.3) is 0 Å². The van der Waals surface area contributed by atoms with E-state index in [9.17, 15) is 0 Å². The minimum absolute atomic E-state index is 0.746. The van der Waals surface area contributed by atoms with Crippen molar-refractivity contribution in [2.45, 2.75) is 26.8 Å². The summed E-state index contributed by atoms with van der Waals surface area (Å²) < 4.78 is 11.5. The van der Waals surface area contributed by atoms with E-state index in [1.54, 1.807) is 7.11 Å². The first-order valence-corrected chi connectivity index (χ1v) is 7.26. The molecule has 0 saturated heterocycles. The lowest BCUT2D eigenvalue weighted by molar-refractivity contribution is 0.377. The summed E-state index contributed by atoms with van der Waals surface area (Å²) in [5, 5.41) is 3.17. The maximum absolute atomic E-state index is 6.07. The first-order valence-electron chi connectivity index (χ1n) is 7.26. The number of hydrogen-bond acceptors (Lipinski definition) is 3. The van der Waals surface area contributed by atoms with Crippen LogP contribution >= 0.6 is 0 Å². The molecule has 0 aliphatic heterocycles. The molecular formula is C18H23NO2. The highest BCUT2D eigenvalue weighted by Gasteiger charge is 2.10. The first-order chi connectivity index (χ1) is 10.2. The van der Waals surface area contributed by atoms with Gasteiger partial charge in [-0.25, -0.2) is 0 Å². The van der Waals surface area contributed by atoms with Gasteiger partial charge < -0.3 is 14.8 Å². The van der Waals surface area contributed by atoms with Crippen LogP contribution < -0.4 is 14.8 Å². The van der Waals surface area contributed by atoms with Crippen LogP contribution in [0.15, 0.2) is 36.4 Å². The smallest absolute Gasteiger partial charge is 0.169 e. The van der Waals surface area contributed by atoms with E-state index in [0.29, 0.717) is 0 Å².